The van der Waals surface area contributed by atoms with Crippen molar-refractivity contribution in [1.82, 2.24) is 0 Å². The van der Waals surface area contributed by atoms with E-state index in [0.717, 1.165) is 0 Å². The summed E-state index contributed by atoms with van der Waals surface area (Å²) in [6.45, 7) is 0. The average molecular weight is 173 g/mol. The fraction of sp³-hybridized carbons (Fsp3) is 0. The van der Waals surface area contributed by atoms with Crippen LogP contribution in [0.25, 0.3) is 0 Å². The molecule has 53 valence electrons. The minimum atomic E-state index is 0. The zero-order valence-corrected chi connectivity index (χ0v) is 3.82. The third kappa shape index (κ3) is 10400. The van der Waals surface area contributed by atoms with Gasteiger partial charge in [0.1, 0.15) is 0 Å². The van der Waals surface area contributed by atoms with E-state index in [2.05, 4.69) is 0 Å². The van der Waals surface area contributed by atoms with E-state index >= 15 is 0 Å². The molecule has 0 atom stereocenters. The maximum Gasteiger partial charge on any atom is 3.00 e. The summed E-state index contributed by atoms with van der Waals surface area (Å²) in [5, 5.41) is 0. The molecule has 0 N–H and O–H groups in total. The molecule has 0 heterocycles. The first kappa shape index (κ1) is 26700. The van der Waals surface area contributed by atoms with Crippen LogP contribution < -0.4 is 14.1 Å². The average Bonchev–Trinajstić information content (AvgIpc) is 0. The Hall–Kier alpha value is 0.0995. The predicted molar refractivity (Wildman–Crippen MR) is 7.51 cm³/mol. The number of hydrogen-bond donors (Lipinski definition) is 0. The Morgan fingerprint density at radius 3 is 0.429 bits per heavy atom. The Morgan fingerprint density at radius 2 is 0.429 bits per heavy atom. The van der Waals surface area contributed by atoms with E-state index < -0.39 is 0 Å². The summed E-state index contributed by atoms with van der Waals surface area (Å²) in [5.74, 6) is 0. The number of halogens is 6. The summed E-state index contributed by atoms with van der Waals surface area (Å²) in [5.41, 5.74) is 0. The second-order valence-electron chi connectivity index (χ2n) is 0. The van der Waals surface area contributed by atoms with Crippen molar-refractivity contribution in [2.75, 3.05) is 0 Å². The van der Waals surface area contributed by atoms with Crippen LogP contribution in [0.1, 0.15) is 0 Å². The molecular formula is H3F6Fe. The van der Waals surface area contributed by atoms with E-state index in [4.69, 9.17) is 0 Å². The summed E-state index contributed by atoms with van der Waals surface area (Å²) < 4.78 is 0. The zero-order valence-electron chi connectivity index (χ0n) is 2.71. The van der Waals surface area contributed by atoms with Gasteiger partial charge in [0.15, 0.2) is 0 Å². The van der Waals surface area contributed by atoms with Gasteiger partial charge < -0.3 is 14.1 Å². The van der Waals surface area contributed by atoms with Crippen LogP contribution in [0.15, 0.2) is 0 Å². The molecule has 1 radical (unpaired) electrons. The van der Waals surface area contributed by atoms with Crippen LogP contribution in [0.4, 0.5) is 14.1 Å². The van der Waals surface area contributed by atoms with Crippen LogP contribution >= 0.6 is 0 Å². The predicted octanol–water partition coefficient (Wildman–Crippen LogP) is -8.53. The maximum absolute atomic E-state index is 0. The van der Waals surface area contributed by atoms with E-state index in [0.29, 0.717) is 0 Å². The summed E-state index contributed by atoms with van der Waals surface area (Å²) in [6.07, 6.45) is 0. The van der Waals surface area contributed by atoms with Gasteiger partial charge in [-0.25, -0.2) is 0 Å². The molecule has 0 amide bonds. The van der Waals surface area contributed by atoms with Gasteiger partial charge in [-0.05, 0) is 0 Å². The molecule has 0 saturated carbocycles. The third-order valence-corrected chi connectivity index (χ3v) is 0. The molecule has 0 aromatic rings. The molecule has 0 aromatic heterocycles. The minimum absolute atomic E-state index is 0. The van der Waals surface area contributed by atoms with Gasteiger partial charge in [0.2, 0.25) is 0 Å². The van der Waals surface area contributed by atoms with Gasteiger partial charge in [0.25, 0.3) is 0 Å². The molecular weight excluding hydrogens is 170 g/mol. The van der Waals surface area contributed by atoms with Crippen molar-refractivity contribution in [3.05, 3.63) is 0 Å². The first-order chi connectivity index (χ1) is 0. The van der Waals surface area contributed by atoms with E-state index in [1.807, 2.05) is 0 Å². The molecule has 0 bridgehead atoms. The first-order valence-corrected chi connectivity index (χ1v) is 0. The molecule has 0 fully saturated rings. The normalized spacial score (nSPS) is 0. The van der Waals surface area contributed by atoms with E-state index in [-0.39, 0.29) is 45.3 Å². The second-order valence-corrected chi connectivity index (χ2v) is 0. The van der Waals surface area contributed by atoms with Gasteiger partial charge >= 0.3 is 17.1 Å². The van der Waals surface area contributed by atoms with Gasteiger partial charge in [0.05, 0.1) is 0 Å². The third-order valence-electron chi connectivity index (χ3n) is 0. The van der Waals surface area contributed by atoms with Gasteiger partial charge in [-0.1, -0.05) is 0 Å². The standard InChI is InChI=1S/6FH.Fe/h6*1H;/q;;;;;;+3/p-3. The first-order valence-electron chi connectivity index (χ1n) is 0. The Kier molecular flexibility index (Phi) is 61100000. The van der Waals surface area contributed by atoms with Crippen molar-refractivity contribution in [3.8, 4) is 0 Å². The van der Waals surface area contributed by atoms with Gasteiger partial charge in [0, 0.05) is 0 Å². The second kappa shape index (κ2) is 16000. The number of rotatable bonds is 0. The van der Waals surface area contributed by atoms with Crippen molar-refractivity contribution in [1.29, 1.82) is 0 Å². The Bertz CT molecular complexity index is 4.14. The molecule has 0 saturated heterocycles. The quantitative estimate of drug-likeness (QED) is 0.252. The molecule has 7 heavy (non-hydrogen) atoms. The molecule has 0 aliphatic rings. The van der Waals surface area contributed by atoms with Gasteiger partial charge in [-0.15, -0.1) is 0 Å². The van der Waals surface area contributed by atoms with Crippen molar-refractivity contribution < 1.29 is 45.3 Å². The summed E-state index contributed by atoms with van der Waals surface area (Å²) in [4.78, 5) is 0. The van der Waals surface area contributed by atoms with E-state index in [1.165, 1.54) is 0 Å². The smallest absolute Gasteiger partial charge is 1.00 e. The molecule has 7 heteroatoms. The SMILES string of the molecule is F.F.F.[F-].[F-].[F-].[Fe+3]. The zero-order chi connectivity index (χ0) is 0. The molecule has 0 aliphatic carbocycles. The fourth-order valence-corrected chi connectivity index (χ4v) is 0. The summed E-state index contributed by atoms with van der Waals surface area (Å²) >= 11 is 0. The van der Waals surface area contributed by atoms with Crippen LogP contribution in [0.2, 0.25) is 0 Å². The van der Waals surface area contributed by atoms with E-state index in [9.17, 15) is 0 Å². The molecule has 0 rings (SSSR count). The van der Waals surface area contributed by atoms with Crippen LogP contribution in [-0.2, 0) is 17.1 Å². The molecule has 0 unspecified atom stereocenters. The van der Waals surface area contributed by atoms with Crippen molar-refractivity contribution in [3.63, 3.8) is 0 Å². The minimum Gasteiger partial charge on any atom is -1.00 e. The Labute approximate surface area is 46.3 Å². The Morgan fingerprint density at radius 1 is 0.429 bits per heavy atom. The van der Waals surface area contributed by atoms with E-state index in [1.54, 1.807) is 0 Å². The van der Waals surface area contributed by atoms with Gasteiger partial charge in [-0.2, -0.15) is 0 Å². The van der Waals surface area contributed by atoms with Crippen molar-refractivity contribution >= 4 is 0 Å². The van der Waals surface area contributed by atoms with Crippen LogP contribution in [-0.4, -0.2) is 0 Å². The fourth-order valence-electron chi connectivity index (χ4n) is 0. The maximum atomic E-state index is 0. The summed E-state index contributed by atoms with van der Waals surface area (Å²) in [7, 11) is 0. The molecule has 0 aliphatic heterocycles. The monoisotopic (exact) mass is 173 g/mol. The topological polar surface area (TPSA) is 0 Å². The summed E-state index contributed by atoms with van der Waals surface area (Å²) in [6, 6.07) is 0. The van der Waals surface area contributed by atoms with Crippen molar-refractivity contribution in [2.24, 2.45) is 0 Å². The number of hydrogen-bond acceptors (Lipinski definition) is 0. The molecule has 0 nitrogen and oxygen atoms in total. The van der Waals surface area contributed by atoms with Gasteiger partial charge in [-0.3, -0.25) is 14.1 Å². The van der Waals surface area contributed by atoms with Crippen molar-refractivity contribution in [2.45, 2.75) is 0 Å². The molecule has 0 aromatic carbocycles. The van der Waals surface area contributed by atoms with Crippen LogP contribution in [0, 0.1) is 0 Å². The Balaban J connectivity index is 0. The van der Waals surface area contributed by atoms with Crippen LogP contribution in [0.5, 0.6) is 0 Å². The van der Waals surface area contributed by atoms with Crippen LogP contribution in [0.3, 0.4) is 0 Å². The largest absolute Gasteiger partial charge is 3.00 e. The molecule has 0 spiro atoms.